The second-order valence-electron chi connectivity index (χ2n) is 5.12. The van der Waals surface area contributed by atoms with Gasteiger partial charge < -0.3 is 10.1 Å². The SMILES string of the molecule is O=C1COc2ccc(-c3csc(NS(=O)(=O)c4cccs4)n3)cc2N1. The van der Waals surface area contributed by atoms with Crippen LogP contribution in [0.4, 0.5) is 10.8 Å². The fourth-order valence-corrected chi connectivity index (χ4v) is 5.24. The molecule has 2 N–H and O–H groups in total. The molecule has 3 aromatic rings. The molecule has 1 aliphatic rings. The summed E-state index contributed by atoms with van der Waals surface area (Å²) >= 11 is 2.33. The summed E-state index contributed by atoms with van der Waals surface area (Å²) in [4.78, 5) is 15.7. The first-order valence-electron chi connectivity index (χ1n) is 7.10. The lowest BCUT2D eigenvalue weighted by Crippen LogP contribution is -2.25. The molecule has 4 rings (SSSR count). The second-order valence-corrected chi connectivity index (χ2v) is 8.84. The van der Waals surface area contributed by atoms with Crippen LogP contribution in [0.1, 0.15) is 0 Å². The minimum absolute atomic E-state index is 0.00229. The highest BCUT2D eigenvalue weighted by molar-refractivity contribution is 7.94. The van der Waals surface area contributed by atoms with Crippen molar-refractivity contribution < 1.29 is 17.9 Å². The lowest BCUT2D eigenvalue weighted by molar-refractivity contribution is -0.118. The van der Waals surface area contributed by atoms with E-state index >= 15 is 0 Å². The molecule has 1 aliphatic heterocycles. The molecule has 2 aromatic heterocycles. The van der Waals surface area contributed by atoms with Crippen LogP contribution in [0.15, 0.2) is 45.3 Å². The summed E-state index contributed by atoms with van der Waals surface area (Å²) in [6.07, 6.45) is 0. The Labute approximate surface area is 151 Å². The second kappa shape index (κ2) is 6.14. The molecule has 0 radical (unpaired) electrons. The molecule has 0 unspecified atom stereocenters. The van der Waals surface area contributed by atoms with E-state index in [9.17, 15) is 13.2 Å². The van der Waals surface area contributed by atoms with E-state index in [1.165, 1.54) is 17.4 Å². The van der Waals surface area contributed by atoms with Gasteiger partial charge in [0.05, 0.1) is 11.4 Å². The minimum atomic E-state index is -3.62. The number of sulfonamides is 1. The van der Waals surface area contributed by atoms with Crippen LogP contribution in [0.25, 0.3) is 11.3 Å². The zero-order chi connectivity index (χ0) is 17.4. The summed E-state index contributed by atoms with van der Waals surface area (Å²) in [6, 6.07) is 8.52. The fourth-order valence-electron chi connectivity index (χ4n) is 2.28. The predicted octanol–water partition coefficient (Wildman–Crippen LogP) is 3.00. The Morgan fingerprint density at radius 2 is 2.12 bits per heavy atom. The summed E-state index contributed by atoms with van der Waals surface area (Å²) in [7, 11) is -3.62. The maximum atomic E-state index is 12.2. The molecular formula is C15H11N3O4S3. The number of fused-ring (bicyclic) bond motifs is 1. The number of hydrogen-bond donors (Lipinski definition) is 2. The van der Waals surface area contributed by atoms with Crippen molar-refractivity contribution in [1.29, 1.82) is 0 Å². The van der Waals surface area contributed by atoms with Gasteiger partial charge in [0.1, 0.15) is 9.96 Å². The van der Waals surface area contributed by atoms with Crippen LogP contribution >= 0.6 is 22.7 Å². The van der Waals surface area contributed by atoms with Crippen LogP contribution < -0.4 is 14.8 Å². The summed E-state index contributed by atoms with van der Waals surface area (Å²) in [5, 5.41) is 6.46. The van der Waals surface area contributed by atoms with E-state index in [1.54, 1.807) is 29.0 Å². The number of thiazole rings is 1. The van der Waals surface area contributed by atoms with E-state index in [0.29, 0.717) is 17.1 Å². The molecule has 7 nitrogen and oxygen atoms in total. The molecule has 0 fully saturated rings. The molecule has 0 atom stereocenters. The number of thiophene rings is 1. The van der Waals surface area contributed by atoms with Crippen LogP contribution in [0, 0.1) is 0 Å². The summed E-state index contributed by atoms with van der Waals surface area (Å²) < 4.78 is 32.5. The summed E-state index contributed by atoms with van der Waals surface area (Å²) in [5.74, 6) is 0.379. The minimum Gasteiger partial charge on any atom is -0.482 e. The van der Waals surface area contributed by atoms with E-state index in [-0.39, 0.29) is 21.9 Å². The molecule has 10 heteroatoms. The van der Waals surface area contributed by atoms with Gasteiger partial charge in [0.25, 0.3) is 15.9 Å². The van der Waals surface area contributed by atoms with Gasteiger partial charge in [-0.2, -0.15) is 0 Å². The maximum absolute atomic E-state index is 12.2. The highest BCUT2D eigenvalue weighted by atomic mass is 32.2. The zero-order valence-corrected chi connectivity index (χ0v) is 15.0. The molecule has 0 spiro atoms. The normalized spacial score (nSPS) is 13.7. The number of carbonyl (C=O) groups excluding carboxylic acids is 1. The molecule has 1 amide bonds. The third-order valence-corrected chi connectivity index (χ3v) is 7.02. The monoisotopic (exact) mass is 393 g/mol. The van der Waals surface area contributed by atoms with E-state index in [0.717, 1.165) is 16.9 Å². The number of aromatic nitrogens is 1. The Morgan fingerprint density at radius 1 is 1.24 bits per heavy atom. The van der Waals surface area contributed by atoms with Gasteiger partial charge in [0.2, 0.25) is 0 Å². The van der Waals surface area contributed by atoms with Crippen molar-refractivity contribution in [2.24, 2.45) is 0 Å². The number of ether oxygens (including phenoxy) is 1. The summed E-state index contributed by atoms with van der Waals surface area (Å²) in [6.45, 7) is -0.00229. The Balaban J connectivity index is 1.60. The van der Waals surface area contributed by atoms with E-state index in [4.69, 9.17) is 4.74 Å². The highest BCUT2D eigenvalue weighted by Crippen LogP contribution is 2.34. The van der Waals surface area contributed by atoms with Crippen molar-refractivity contribution in [2.45, 2.75) is 4.21 Å². The Bertz CT molecular complexity index is 1040. The number of carbonyl (C=O) groups is 1. The predicted molar refractivity (Wildman–Crippen MR) is 96.8 cm³/mol. The fraction of sp³-hybridized carbons (Fsp3) is 0.0667. The molecule has 0 aliphatic carbocycles. The van der Waals surface area contributed by atoms with Gasteiger partial charge in [-0.3, -0.25) is 9.52 Å². The highest BCUT2D eigenvalue weighted by Gasteiger charge is 2.19. The molecular weight excluding hydrogens is 382 g/mol. The van der Waals surface area contributed by atoms with Gasteiger partial charge in [0.15, 0.2) is 11.7 Å². The molecule has 0 bridgehead atoms. The van der Waals surface area contributed by atoms with Crippen molar-refractivity contribution in [3.8, 4) is 17.0 Å². The van der Waals surface area contributed by atoms with Crippen LogP contribution in [0.3, 0.4) is 0 Å². The number of benzene rings is 1. The van der Waals surface area contributed by atoms with Crippen molar-refractivity contribution in [3.05, 3.63) is 41.1 Å². The average molecular weight is 393 g/mol. The van der Waals surface area contributed by atoms with Gasteiger partial charge in [-0.05, 0) is 29.6 Å². The number of nitrogens with one attached hydrogen (secondary N) is 2. The van der Waals surface area contributed by atoms with Gasteiger partial charge >= 0.3 is 0 Å². The van der Waals surface area contributed by atoms with Gasteiger partial charge in [-0.25, -0.2) is 13.4 Å². The number of anilines is 2. The number of rotatable bonds is 4. The first kappa shape index (κ1) is 16.1. The maximum Gasteiger partial charge on any atom is 0.273 e. The van der Waals surface area contributed by atoms with E-state index in [1.807, 2.05) is 6.07 Å². The molecule has 128 valence electrons. The lowest BCUT2D eigenvalue weighted by atomic mass is 10.1. The molecule has 25 heavy (non-hydrogen) atoms. The van der Waals surface area contributed by atoms with Crippen LogP contribution in [0.5, 0.6) is 5.75 Å². The third kappa shape index (κ3) is 3.23. The molecule has 3 heterocycles. The average Bonchev–Trinajstić information content (AvgIpc) is 3.25. The van der Waals surface area contributed by atoms with Gasteiger partial charge in [-0.15, -0.1) is 22.7 Å². The van der Waals surface area contributed by atoms with E-state index < -0.39 is 10.0 Å². The standard InChI is InChI=1S/C15H11N3O4S3/c19-13-7-22-12-4-3-9(6-10(12)16-13)11-8-24-15(17-11)18-25(20,21)14-2-1-5-23-14/h1-6,8H,7H2,(H,16,19)(H,17,18). The van der Waals surface area contributed by atoms with Crippen LogP contribution in [-0.2, 0) is 14.8 Å². The number of amides is 1. The Kier molecular flexibility index (Phi) is 3.94. The molecule has 0 saturated carbocycles. The van der Waals surface area contributed by atoms with Crippen molar-refractivity contribution >= 4 is 49.4 Å². The topological polar surface area (TPSA) is 97.4 Å². The van der Waals surface area contributed by atoms with Crippen LogP contribution in [-0.4, -0.2) is 25.9 Å². The summed E-state index contributed by atoms with van der Waals surface area (Å²) in [5.41, 5.74) is 1.93. The zero-order valence-electron chi connectivity index (χ0n) is 12.6. The smallest absolute Gasteiger partial charge is 0.273 e. The van der Waals surface area contributed by atoms with Crippen molar-refractivity contribution in [1.82, 2.24) is 4.98 Å². The first-order valence-corrected chi connectivity index (χ1v) is 10.3. The Hall–Kier alpha value is -2.43. The quantitative estimate of drug-likeness (QED) is 0.710. The Morgan fingerprint density at radius 3 is 2.92 bits per heavy atom. The van der Waals surface area contributed by atoms with Gasteiger partial charge in [0, 0.05) is 10.9 Å². The first-order chi connectivity index (χ1) is 12.0. The largest absolute Gasteiger partial charge is 0.482 e. The number of nitrogens with zero attached hydrogens (tertiary/aromatic N) is 1. The van der Waals surface area contributed by atoms with Crippen LogP contribution in [0.2, 0.25) is 0 Å². The molecule has 0 saturated heterocycles. The van der Waals surface area contributed by atoms with E-state index in [2.05, 4.69) is 15.0 Å². The van der Waals surface area contributed by atoms with Crippen molar-refractivity contribution in [3.63, 3.8) is 0 Å². The van der Waals surface area contributed by atoms with Crippen molar-refractivity contribution in [2.75, 3.05) is 16.6 Å². The molecule has 1 aromatic carbocycles. The lowest BCUT2D eigenvalue weighted by Gasteiger charge is -2.18. The number of hydrogen-bond acceptors (Lipinski definition) is 7. The van der Waals surface area contributed by atoms with Gasteiger partial charge in [-0.1, -0.05) is 6.07 Å². The third-order valence-electron chi connectivity index (χ3n) is 3.39.